The summed E-state index contributed by atoms with van der Waals surface area (Å²) in [5.74, 6) is -0.0421. The normalized spacial score (nSPS) is 26.7. The number of ether oxygens (including phenoxy) is 1. The Morgan fingerprint density at radius 1 is 1.50 bits per heavy atom. The summed E-state index contributed by atoms with van der Waals surface area (Å²) < 4.78 is 18.6. The molecule has 1 fully saturated rings. The maximum Gasteiger partial charge on any atom is 0.412 e. The number of aliphatic hydroxyl groups is 1. The first-order chi connectivity index (χ1) is 7.33. The Labute approximate surface area is 95.4 Å². The molecule has 1 heterocycles. The standard InChI is InChI=1S/C11H20FNO3/c1-11(2,3)16-10(15)13-6-8(7-14)4-5-9(13)12/h8-9,14H,4-7H2,1-3H3. The molecule has 0 aromatic rings. The van der Waals surface area contributed by atoms with E-state index in [0.717, 1.165) is 4.90 Å². The van der Waals surface area contributed by atoms with Gasteiger partial charge in [0.1, 0.15) is 5.60 Å². The molecule has 2 unspecified atom stereocenters. The highest BCUT2D eigenvalue weighted by Gasteiger charge is 2.33. The zero-order valence-electron chi connectivity index (χ0n) is 10.1. The van der Waals surface area contributed by atoms with Crippen LogP contribution in [-0.2, 0) is 4.74 Å². The van der Waals surface area contributed by atoms with E-state index in [1.807, 2.05) is 0 Å². The summed E-state index contributed by atoms with van der Waals surface area (Å²) in [5.41, 5.74) is -0.622. The number of likely N-dealkylation sites (tertiary alicyclic amines) is 1. The minimum Gasteiger partial charge on any atom is -0.444 e. The molecule has 94 valence electrons. The van der Waals surface area contributed by atoms with Crippen molar-refractivity contribution in [1.82, 2.24) is 4.90 Å². The second-order valence-corrected chi connectivity index (χ2v) is 5.19. The number of carbonyl (C=O) groups is 1. The molecule has 1 aliphatic heterocycles. The highest BCUT2D eigenvalue weighted by atomic mass is 19.1. The molecule has 1 aliphatic rings. The van der Waals surface area contributed by atoms with E-state index in [-0.39, 0.29) is 25.5 Å². The number of aliphatic hydroxyl groups excluding tert-OH is 1. The third-order valence-electron chi connectivity index (χ3n) is 2.49. The van der Waals surface area contributed by atoms with Crippen LogP contribution in [0.15, 0.2) is 0 Å². The number of alkyl halides is 1. The Morgan fingerprint density at radius 3 is 2.62 bits per heavy atom. The second kappa shape index (κ2) is 4.99. The zero-order chi connectivity index (χ0) is 12.3. The first-order valence-electron chi connectivity index (χ1n) is 5.58. The van der Waals surface area contributed by atoms with Crippen LogP contribution in [0, 0.1) is 5.92 Å². The largest absolute Gasteiger partial charge is 0.444 e. The van der Waals surface area contributed by atoms with Crippen molar-refractivity contribution >= 4 is 6.09 Å². The minimum absolute atomic E-state index is 0.0218. The molecule has 0 spiro atoms. The predicted octanol–water partition coefficient (Wildman–Crippen LogP) is 1.92. The molecule has 1 N–H and O–H groups in total. The fourth-order valence-corrected chi connectivity index (χ4v) is 1.67. The maximum absolute atomic E-state index is 13.5. The molecule has 0 radical (unpaired) electrons. The van der Waals surface area contributed by atoms with Gasteiger partial charge in [0.2, 0.25) is 0 Å². The molecule has 0 aromatic heterocycles. The summed E-state index contributed by atoms with van der Waals surface area (Å²) in [6.45, 7) is 5.43. The van der Waals surface area contributed by atoms with Gasteiger partial charge in [0.15, 0.2) is 6.30 Å². The fraction of sp³-hybridized carbons (Fsp3) is 0.909. The zero-order valence-corrected chi connectivity index (χ0v) is 10.1. The van der Waals surface area contributed by atoms with Crippen molar-refractivity contribution in [3.05, 3.63) is 0 Å². The van der Waals surface area contributed by atoms with Crippen molar-refractivity contribution < 1.29 is 19.0 Å². The topological polar surface area (TPSA) is 49.8 Å². The Hall–Kier alpha value is -0.840. The SMILES string of the molecule is CC(C)(C)OC(=O)N1CC(CO)CCC1F. The molecule has 0 saturated carbocycles. The van der Waals surface area contributed by atoms with Crippen LogP contribution >= 0.6 is 0 Å². The molecule has 1 saturated heterocycles. The second-order valence-electron chi connectivity index (χ2n) is 5.19. The third kappa shape index (κ3) is 3.63. The molecule has 0 aliphatic carbocycles. The van der Waals surface area contributed by atoms with Gasteiger partial charge in [-0.1, -0.05) is 0 Å². The van der Waals surface area contributed by atoms with Crippen LogP contribution in [0.5, 0.6) is 0 Å². The van der Waals surface area contributed by atoms with E-state index < -0.39 is 18.0 Å². The van der Waals surface area contributed by atoms with Crippen LogP contribution in [0.4, 0.5) is 9.18 Å². The van der Waals surface area contributed by atoms with Gasteiger partial charge in [-0.25, -0.2) is 9.18 Å². The van der Waals surface area contributed by atoms with Crippen molar-refractivity contribution in [2.75, 3.05) is 13.2 Å². The predicted molar refractivity (Wildman–Crippen MR) is 57.6 cm³/mol. The Balaban J connectivity index is 2.59. The lowest BCUT2D eigenvalue weighted by Gasteiger charge is -2.35. The van der Waals surface area contributed by atoms with Gasteiger partial charge in [0, 0.05) is 19.1 Å². The van der Waals surface area contributed by atoms with E-state index in [2.05, 4.69) is 0 Å². The highest BCUT2D eigenvalue weighted by molar-refractivity contribution is 5.68. The van der Waals surface area contributed by atoms with Crippen molar-refractivity contribution in [2.45, 2.75) is 45.5 Å². The lowest BCUT2D eigenvalue weighted by molar-refractivity contribution is -0.0289. The van der Waals surface area contributed by atoms with Gasteiger partial charge < -0.3 is 9.84 Å². The van der Waals surface area contributed by atoms with Gasteiger partial charge in [-0.2, -0.15) is 0 Å². The summed E-state index contributed by atoms with van der Waals surface area (Å²) in [7, 11) is 0. The van der Waals surface area contributed by atoms with Gasteiger partial charge in [0.25, 0.3) is 0 Å². The number of halogens is 1. The average Bonchev–Trinajstić information content (AvgIpc) is 2.15. The monoisotopic (exact) mass is 233 g/mol. The lowest BCUT2D eigenvalue weighted by atomic mass is 9.99. The number of rotatable bonds is 1. The molecular formula is C11H20FNO3. The third-order valence-corrected chi connectivity index (χ3v) is 2.49. The van der Waals surface area contributed by atoms with Gasteiger partial charge in [0.05, 0.1) is 0 Å². The molecule has 0 aromatic carbocycles. The molecule has 1 amide bonds. The van der Waals surface area contributed by atoms with Gasteiger partial charge in [-0.15, -0.1) is 0 Å². The van der Waals surface area contributed by atoms with Crippen LogP contribution in [0.25, 0.3) is 0 Å². The highest BCUT2D eigenvalue weighted by Crippen LogP contribution is 2.24. The van der Waals surface area contributed by atoms with Crippen molar-refractivity contribution in [1.29, 1.82) is 0 Å². The average molecular weight is 233 g/mol. The number of nitrogens with zero attached hydrogens (tertiary/aromatic N) is 1. The van der Waals surface area contributed by atoms with E-state index in [1.165, 1.54) is 0 Å². The van der Waals surface area contributed by atoms with Crippen LogP contribution < -0.4 is 0 Å². The van der Waals surface area contributed by atoms with E-state index in [4.69, 9.17) is 9.84 Å². The number of amides is 1. The number of hydrogen-bond donors (Lipinski definition) is 1. The van der Waals surface area contributed by atoms with Gasteiger partial charge in [-0.3, -0.25) is 4.90 Å². The van der Waals surface area contributed by atoms with Crippen LogP contribution in [-0.4, -0.2) is 41.1 Å². The van der Waals surface area contributed by atoms with E-state index in [0.29, 0.717) is 6.42 Å². The Morgan fingerprint density at radius 2 is 2.12 bits per heavy atom. The molecule has 4 nitrogen and oxygen atoms in total. The molecule has 0 bridgehead atoms. The van der Waals surface area contributed by atoms with E-state index in [1.54, 1.807) is 20.8 Å². The first-order valence-corrected chi connectivity index (χ1v) is 5.58. The lowest BCUT2D eigenvalue weighted by Crippen LogP contribution is -2.47. The number of carbonyl (C=O) groups excluding carboxylic acids is 1. The van der Waals surface area contributed by atoms with Gasteiger partial charge in [-0.05, 0) is 33.6 Å². The summed E-state index contributed by atoms with van der Waals surface area (Å²) in [4.78, 5) is 12.7. The summed E-state index contributed by atoms with van der Waals surface area (Å²) in [5, 5.41) is 9.01. The van der Waals surface area contributed by atoms with E-state index in [9.17, 15) is 9.18 Å². The van der Waals surface area contributed by atoms with Crippen LogP contribution in [0.3, 0.4) is 0 Å². The Bertz CT molecular complexity index is 252. The molecule has 5 heteroatoms. The fourth-order valence-electron chi connectivity index (χ4n) is 1.67. The Kier molecular flexibility index (Phi) is 4.13. The van der Waals surface area contributed by atoms with Crippen LogP contribution in [0.2, 0.25) is 0 Å². The summed E-state index contributed by atoms with van der Waals surface area (Å²) in [6.07, 6.45) is -1.06. The number of piperidine rings is 1. The van der Waals surface area contributed by atoms with Crippen molar-refractivity contribution in [3.63, 3.8) is 0 Å². The maximum atomic E-state index is 13.5. The smallest absolute Gasteiger partial charge is 0.412 e. The number of hydrogen-bond acceptors (Lipinski definition) is 3. The molecule has 1 rings (SSSR count). The quantitative estimate of drug-likeness (QED) is 0.704. The molecule has 16 heavy (non-hydrogen) atoms. The van der Waals surface area contributed by atoms with E-state index >= 15 is 0 Å². The minimum atomic E-state index is -1.29. The summed E-state index contributed by atoms with van der Waals surface area (Å²) >= 11 is 0. The molecule has 2 atom stereocenters. The van der Waals surface area contributed by atoms with Crippen LogP contribution in [0.1, 0.15) is 33.6 Å². The molecular weight excluding hydrogens is 213 g/mol. The van der Waals surface area contributed by atoms with Gasteiger partial charge >= 0.3 is 6.09 Å². The summed E-state index contributed by atoms with van der Waals surface area (Å²) in [6, 6.07) is 0. The van der Waals surface area contributed by atoms with Crippen molar-refractivity contribution in [2.24, 2.45) is 5.92 Å². The van der Waals surface area contributed by atoms with Crippen molar-refractivity contribution in [3.8, 4) is 0 Å². The first kappa shape index (κ1) is 13.2.